The molecule has 1 N–H and O–H groups in total. The van der Waals surface area contributed by atoms with E-state index in [2.05, 4.69) is 39.1 Å². The molecule has 0 unspecified atom stereocenters. The number of rotatable bonds is 6. The molecule has 0 radical (unpaired) electrons. The fourth-order valence-corrected chi connectivity index (χ4v) is 2.98. The number of aromatic nitrogens is 1. The fraction of sp³-hybridized carbons (Fsp3) is 0.765. The van der Waals surface area contributed by atoms with Crippen molar-refractivity contribution in [2.45, 2.75) is 40.2 Å². The lowest BCUT2D eigenvalue weighted by molar-refractivity contribution is 0.168. The lowest BCUT2D eigenvalue weighted by Crippen LogP contribution is -2.52. The van der Waals surface area contributed by atoms with Crippen molar-refractivity contribution >= 4 is 29.9 Å². The molecule has 0 aliphatic carbocycles. The Bertz CT molecular complexity index is 493. The van der Waals surface area contributed by atoms with Crippen LogP contribution < -0.4 is 5.32 Å². The van der Waals surface area contributed by atoms with Crippen molar-refractivity contribution in [1.29, 1.82) is 0 Å². The van der Waals surface area contributed by atoms with Crippen LogP contribution in [-0.2, 0) is 6.54 Å². The van der Waals surface area contributed by atoms with Crippen LogP contribution in [0.2, 0.25) is 0 Å². The lowest BCUT2D eigenvalue weighted by Gasteiger charge is -2.36. The summed E-state index contributed by atoms with van der Waals surface area (Å²) in [5.41, 5.74) is 1.02. The van der Waals surface area contributed by atoms with Crippen molar-refractivity contribution < 1.29 is 4.52 Å². The standard InChI is InChI=1S/C17H31N5O.HI/c1-5-15(6-2)12-19-17(18-4)22-9-7-21(8-10-22)13-16-11-14(3)23-20-16;/h11,15H,5-10,12-13H2,1-4H3,(H,18,19);1H. The molecule has 0 atom stereocenters. The zero-order chi connectivity index (χ0) is 16.7. The van der Waals surface area contributed by atoms with Gasteiger partial charge < -0.3 is 14.7 Å². The predicted molar refractivity (Wildman–Crippen MR) is 109 cm³/mol. The van der Waals surface area contributed by atoms with Gasteiger partial charge in [-0.2, -0.15) is 0 Å². The summed E-state index contributed by atoms with van der Waals surface area (Å²) in [6.45, 7) is 12.4. The number of nitrogens with zero attached hydrogens (tertiary/aromatic N) is 4. The van der Waals surface area contributed by atoms with Crippen LogP contribution in [0.25, 0.3) is 0 Å². The summed E-state index contributed by atoms with van der Waals surface area (Å²) in [5.74, 6) is 2.64. The summed E-state index contributed by atoms with van der Waals surface area (Å²) in [7, 11) is 1.87. The zero-order valence-corrected chi connectivity index (χ0v) is 17.7. The van der Waals surface area contributed by atoms with Crippen molar-refractivity contribution in [3.63, 3.8) is 0 Å². The summed E-state index contributed by atoms with van der Waals surface area (Å²) >= 11 is 0. The van der Waals surface area contributed by atoms with Crippen molar-refractivity contribution in [2.24, 2.45) is 10.9 Å². The number of aliphatic imine (C=N–C) groups is 1. The third kappa shape index (κ3) is 6.23. The van der Waals surface area contributed by atoms with E-state index in [0.717, 1.165) is 62.6 Å². The molecule has 1 saturated heterocycles. The minimum atomic E-state index is 0. The molecule has 6 nitrogen and oxygen atoms in total. The van der Waals surface area contributed by atoms with E-state index < -0.39 is 0 Å². The average molecular weight is 449 g/mol. The Labute approximate surface area is 163 Å². The number of piperazine rings is 1. The molecule has 0 bridgehead atoms. The maximum atomic E-state index is 5.14. The summed E-state index contributed by atoms with van der Waals surface area (Å²) in [5, 5.41) is 7.62. The number of halogens is 1. The quantitative estimate of drug-likeness (QED) is 0.411. The lowest BCUT2D eigenvalue weighted by atomic mass is 10.0. The monoisotopic (exact) mass is 449 g/mol. The summed E-state index contributed by atoms with van der Waals surface area (Å²) < 4.78 is 5.14. The molecular weight excluding hydrogens is 417 g/mol. The first kappa shape index (κ1) is 21.2. The van der Waals surface area contributed by atoms with Crippen LogP contribution in [0.1, 0.15) is 38.1 Å². The second kappa shape index (κ2) is 10.9. The second-order valence-electron chi connectivity index (χ2n) is 6.30. The molecule has 1 aromatic rings. The molecule has 7 heteroatoms. The first-order valence-electron chi connectivity index (χ1n) is 8.76. The van der Waals surface area contributed by atoms with Gasteiger partial charge >= 0.3 is 0 Å². The molecular formula is C17H32IN5O. The van der Waals surface area contributed by atoms with Crippen LogP contribution in [0.4, 0.5) is 0 Å². The van der Waals surface area contributed by atoms with Gasteiger partial charge in [0.15, 0.2) is 5.96 Å². The van der Waals surface area contributed by atoms with E-state index in [1.54, 1.807) is 0 Å². The molecule has 0 aromatic carbocycles. The van der Waals surface area contributed by atoms with Gasteiger partial charge in [-0.15, -0.1) is 24.0 Å². The topological polar surface area (TPSA) is 56.9 Å². The fourth-order valence-electron chi connectivity index (χ4n) is 2.98. The largest absolute Gasteiger partial charge is 0.361 e. The molecule has 2 heterocycles. The van der Waals surface area contributed by atoms with Crippen LogP contribution in [-0.4, -0.2) is 60.7 Å². The van der Waals surface area contributed by atoms with Gasteiger partial charge in [-0.3, -0.25) is 9.89 Å². The van der Waals surface area contributed by atoms with Crippen LogP contribution in [0.3, 0.4) is 0 Å². The minimum Gasteiger partial charge on any atom is -0.361 e. The van der Waals surface area contributed by atoms with E-state index >= 15 is 0 Å². The number of hydrogen-bond acceptors (Lipinski definition) is 4. The van der Waals surface area contributed by atoms with E-state index in [1.165, 1.54) is 12.8 Å². The Morgan fingerprint density at radius 2 is 1.96 bits per heavy atom. The summed E-state index contributed by atoms with van der Waals surface area (Å²) in [6.07, 6.45) is 2.43. The van der Waals surface area contributed by atoms with Crippen LogP contribution in [0.15, 0.2) is 15.6 Å². The molecule has 1 aromatic heterocycles. The SMILES string of the molecule is CCC(CC)CNC(=NC)N1CCN(Cc2cc(C)on2)CC1.I. The highest BCUT2D eigenvalue weighted by atomic mass is 127. The number of guanidine groups is 1. The highest BCUT2D eigenvalue weighted by Crippen LogP contribution is 2.10. The second-order valence-corrected chi connectivity index (χ2v) is 6.30. The molecule has 0 spiro atoms. The highest BCUT2D eigenvalue weighted by molar-refractivity contribution is 14.0. The molecule has 2 rings (SSSR count). The molecule has 1 aliphatic heterocycles. The van der Waals surface area contributed by atoms with Crippen molar-refractivity contribution in [3.8, 4) is 0 Å². The molecule has 1 aliphatic rings. The van der Waals surface area contributed by atoms with Crippen LogP contribution >= 0.6 is 24.0 Å². The smallest absolute Gasteiger partial charge is 0.193 e. The van der Waals surface area contributed by atoms with Crippen molar-refractivity contribution in [1.82, 2.24) is 20.3 Å². The molecule has 138 valence electrons. The maximum absolute atomic E-state index is 5.14. The third-order valence-electron chi connectivity index (χ3n) is 4.65. The van der Waals surface area contributed by atoms with Crippen molar-refractivity contribution in [2.75, 3.05) is 39.8 Å². The minimum absolute atomic E-state index is 0. The Morgan fingerprint density at radius 1 is 1.29 bits per heavy atom. The Balaban J connectivity index is 0.00000288. The maximum Gasteiger partial charge on any atom is 0.193 e. The van der Waals surface area contributed by atoms with E-state index in [1.807, 2.05) is 20.0 Å². The summed E-state index contributed by atoms with van der Waals surface area (Å²) in [4.78, 5) is 9.22. The third-order valence-corrected chi connectivity index (χ3v) is 4.65. The van der Waals surface area contributed by atoms with Gasteiger partial charge in [0.2, 0.25) is 0 Å². The predicted octanol–water partition coefficient (Wildman–Crippen LogP) is 2.73. The number of aryl methyl sites for hydroxylation is 1. The van der Waals surface area contributed by atoms with Gasteiger partial charge in [0.05, 0.1) is 5.69 Å². The van der Waals surface area contributed by atoms with Gasteiger partial charge in [-0.1, -0.05) is 31.8 Å². The van der Waals surface area contributed by atoms with Crippen LogP contribution in [0, 0.1) is 12.8 Å². The zero-order valence-electron chi connectivity index (χ0n) is 15.4. The first-order valence-corrected chi connectivity index (χ1v) is 8.76. The molecule has 24 heavy (non-hydrogen) atoms. The molecule has 0 saturated carbocycles. The number of hydrogen-bond donors (Lipinski definition) is 1. The Morgan fingerprint density at radius 3 is 2.46 bits per heavy atom. The normalized spacial score (nSPS) is 16.4. The Hall–Kier alpha value is -0.830. The molecule has 1 fully saturated rings. The number of nitrogens with one attached hydrogen (secondary N) is 1. The van der Waals surface area contributed by atoms with Gasteiger partial charge in [0, 0.05) is 52.4 Å². The highest BCUT2D eigenvalue weighted by Gasteiger charge is 2.20. The van der Waals surface area contributed by atoms with Gasteiger partial charge in [0.25, 0.3) is 0 Å². The van der Waals surface area contributed by atoms with Gasteiger partial charge in [0.1, 0.15) is 5.76 Å². The van der Waals surface area contributed by atoms with Gasteiger partial charge in [-0.25, -0.2) is 0 Å². The first-order chi connectivity index (χ1) is 11.2. The Kier molecular flexibility index (Phi) is 9.65. The molecule has 0 amide bonds. The average Bonchev–Trinajstić information content (AvgIpc) is 2.98. The summed E-state index contributed by atoms with van der Waals surface area (Å²) in [6, 6.07) is 2.02. The van der Waals surface area contributed by atoms with E-state index in [9.17, 15) is 0 Å². The van der Waals surface area contributed by atoms with E-state index in [4.69, 9.17) is 4.52 Å². The van der Waals surface area contributed by atoms with Gasteiger partial charge in [-0.05, 0) is 12.8 Å². The van der Waals surface area contributed by atoms with E-state index in [0.29, 0.717) is 0 Å². The van der Waals surface area contributed by atoms with Crippen LogP contribution in [0.5, 0.6) is 0 Å². The van der Waals surface area contributed by atoms with E-state index in [-0.39, 0.29) is 24.0 Å². The van der Waals surface area contributed by atoms with Crippen molar-refractivity contribution in [3.05, 3.63) is 17.5 Å².